The summed E-state index contributed by atoms with van der Waals surface area (Å²) in [6.07, 6.45) is 0. The number of benzene rings is 3. The van der Waals surface area contributed by atoms with Crippen molar-refractivity contribution in [3.05, 3.63) is 102 Å². The summed E-state index contributed by atoms with van der Waals surface area (Å²) >= 11 is 0. The average molecular weight is 450 g/mol. The SMILES string of the molecule is Cc1nc(Nc2ccccc2)nc(Nc2ccccc2)c1NC(=O)c1ccc(F)cc1.Cl. The number of aromatic nitrogens is 2. The lowest BCUT2D eigenvalue weighted by Crippen LogP contribution is -2.16. The molecule has 3 aromatic carbocycles. The second-order valence-electron chi connectivity index (χ2n) is 6.80. The molecule has 0 bridgehead atoms. The number of halogens is 2. The highest BCUT2D eigenvalue weighted by molar-refractivity contribution is 6.06. The summed E-state index contributed by atoms with van der Waals surface area (Å²) in [6.45, 7) is 1.79. The average Bonchev–Trinajstić information content (AvgIpc) is 2.78. The molecule has 0 unspecified atom stereocenters. The minimum absolute atomic E-state index is 0. The van der Waals surface area contributed by atoms with Crippen LogP contribution < -0.4 is 16.0 Å². The number of rotatable bonds is 6. The molecular weight excluding hydrogens is 429 g/mol. The van der Waals surface area contributed by atoms with Crippen molar-refractivity contribution in [2.75, 3.05) is 16.0 Å². The zero-order chi connectivity index (χ0) is 21.6. The monoisotopic (exact) mass is 449 g/mol. The van der Waals surface area contributed by atoms with Gasteiger partial charge in [-0.3, -0.25) is 4.79 Å². The maximum Gasteiger partial charge on any atom is 0.255 e. The van der Waals surface area contributed by atoms with Gasteiger partial charge in [0.05, 0.1) is 5.69 Å². The van der Waals surface area contributed by atoms with Gasteiger partial charge in [-0.05, 0) is 55.5 Å². The quantitative estimate of drug-likeness (QED) is 0.332. The maximum atomic E-state index is 13.2. The Balaban J connectivity index is 0.00000289. The van der Waals surface area contributed by atoms with E-state index < -0.39 is 5.82 Å². The molecule has 6 nitrogen and oxygen atoms in total. The largest absolute Gasteiger partial charge is 0.338 e. The molecule has 1 aromatic heterocycles. The van der Waals surface area contributed by atoms with E-state index in [0.717, 1.165) is 11.4 Å². The Morgan fingerprint density at radius 3 is 1.94 bits per heavy atom. The first-order chi connectivity index (χ1) is 15.1. The molecule has 4 aromatic rings. The Kier molecular flexibility index (Phi) is 7.36. The molecule has 32 heavy (non-hydrogen) atoms. The van der Waals surface area contributed by atoms with Crippen molar-refractivity contribution in [1.29, 1.82) is 0 Å². The zero-order valence-electron chi connectivity index (χ0n) is 17.2. The molecule has 0 aliphatic heterocycles. The normalized spacial score (nSPS) is 10.1. The number of amides is 1. The highest BCUT2D eigenvalue weighted by Gasteiger charge is 2.16. The number of nitrogens with one attached hydrogen (secondary N) is 3. The molecule has 0 atom stereocenters. The lowest BCUT2D eigenvalue weighted by molar-refractivity contribution is 0.102. The van der Waals surface area contributed by atoms with Crippen LogP contribution in [0.3, 0.4) is 0 Å². The molecule has 0 radical (unpaired) electrons. The van der Waals surface area contributed by atoms with Gasteiger partial charge in [-0.1, -0.05) is 36.4 Å². The smallest absolute Gasteiger partial charge is 0.255 e. The lowest BCUT2D eigenvalue weighted by Gasteiger charge is -2.16. The van der Waals surface area contributed by atoms with Crippen molar-refractivity contribution in [2.45, 2.75) is 6.92 Å². The fraction of sp³-hybridized carbons (Fsp3) is 0.0417. The second-order valence-corrected chi connectivity index (χ2v) is 6.80. The fourth-order valence-electron chi connectivity index (χ4n) is 2.96. The van der Waals surface area contributed by atoms with Gasteiger partial charge in [0.25, 0.3) is 5.91 Å². The van der Waals surface area contributed by atoms with Crippen LogP contribution in [0.15, 0.2) is 84.9 Å². The van der Waals surface area contributed by atoms with Crippen LogP contribution >= 0.6 is 12.4 Å². The molecule has 1 heterocycles. The van der Waals surface area contributed by atoms with Crippen molar-refractivity contribution >= 4 is 47.1 Å². The molecule has 0 spiro atoms. The Morgan fingerprint density at radius 2 is 1.34 bits per heavy atom. The predicted molar refractivity (Wildman–Crippen MR) is 128 cm³/mol. The van der Waals surface area contributed by atoms with Crippen LogP contribution in [0.4, 0.5) is 33.2 Å². The summed E-state index contributed by atoms with van der Waals surface area (Å²) in [5, 5.41) is 9.26. The van der Waals surface area contributed by atoms with E-state index in [4.69, 9.17) is 0 Å². The first-order valence-corrected chi connectivity index (χ1v) is 9.68. The first-order valence-electron chi connectivity index (χ1n) is 9.68. The number of hydrogen-bond acceptors (Lipinski definition) is 5. The second kappa shape index (κ2) is 10.4. The number of carbonyl (C=O) groups is 1. The molecular formula is C24H21ClFN5O. The Labute approximate surface area is 191 Å². The zero-order valence-corrected chi connectivity index (χ0v) is 18.0. The number of para-hydroxylation sites is 2. The number of anilines is 5. The van der Waals surface area contributed by atoms with Crippen LogP contribution in [0.25, 0.3) is 0 Å². The van der Waals surface area contributed by atoms with E-state index in [9.17, 15) is 9.18 Å². The molecule has 0 aliphatic rings. The summed E-state index contributed by atoms with van der Waals surface area (Å²) in [4.78, 5) is 21.8. The van der Waals surface area contributed by atoms with E-state index >= 15 is 0 Å². The summed E-state index contributed by atoms with van der Waals surface area (Å²) in [5.41, 5.74) is 3.00. The van der Waals surface area contributed by atoms with Crippen molar-refractivity contribution < 1.29 is 9.18 Å². The lowest BCUT2D eigenvalue weighted by atomic mass is 10.2. The van der Waals surface area contributed by atoms with Gasteiger partial charge < -0.3 is 16.0 Å². The van der Waals surface area contributed by atoms with Crippen LogP contribution in [0.2, 0.25) is 0 Å². The fourth-order valence-corrected chi connectivity index (χ4v) is 2.96. The van der Waals surface area contributed by atoms with E-state index in [-0.39, 0.29) is 18.3 Å². The Morgan fingerprint density at radius 1 is 0.781 bits per heavy atom. The predicted octanol–water partition coefficient (Wildman–Crippen LogP) is 6.09. The van der Waals surface area contributed by atoms with E-state index in [1.54, 1.807) is 6.92 Å². The molecule has 8 heteroatoms. The minimum Gasteiger partial charge on any atom is -0.338 e. The van der Waals surface area contributed by atoms with Gasteiger partial charge in [-0.25, -0.2) is 9.37 Å². The number of hydrogen-bond donors (Lipinski definition) is 3. The Hall–Kier alpha value is -3.97. The van der Waals surface area contributed by atoms with Crippen molar-refractivity contribution in [1.82, 2.24) is 9.97 Å². The molecule has 1 amide bonds. The third-order valence-corrected chi connectivity index (χ3v) is 4.50. The third-order valence-electron chi connectivity index (χ3n) is 4.50. The first kappa shape index (κ1) is 22.7. The summed E-state index contributed by atoms with van der Waals surface area (Å²) in [5.74, 6) is 0.0416. The topological polar surface area (TPSA) is 78.9 Å². The van der Waals surface area contributed by atoms with Gasteiger partial charge in [-0.15, -0.1) is 12.4 Å². The van der Waals surface area contributed by atoms with Gasteiger partial charge >= 0.3 is 0 Å². The van der Waals surface area contributed by atoms with Crippen LogP contribution in [-0.2, 0) is 0 Å². The van der Waals surface area contributed by atoms with Gasteiger partial charge in [0.1, 0.15) is 11.5 Å². The number of nitrogens with zero attached hydrogens (tertiary/aromatic N) is 2. The van der Waals surface area contributed by atoms with Crippen molar-refractivity contribution in [3.8, 4) is 0 Å². The van der Waals surface area contributed by atoms with Crippen LogP contribution in [0.1, 0.15) is 16.1 Å². The minimum atomic E-state index is -0.404. The highest BCUT2D eigenvalue weighted by atomic mass is 35.5. The van der Waals surface area contributed by atoms with Crippen molar-refractivity contribution in [2.24, 2.45) is 0 Å². The van der Waals surface area contributed by atoms with Crippen LogP contribution in [0, 0.1) is 12.7 Å². The van der Waals surface area contributed by atoms with Crippen molar-refractivity contribution in [3.63, 3.8) is 0 Å². The van der Waals surface area contributed by atoms with Gasteiger partial charge in [0, 0.05) is 16.9 Å². The number of aryl methyl sites for hydroxylation is 1. The molecule has 0 aliphatic carbocycles. The molecule has 3 N–H and O–H groups in total. The summed E-state index contributed by atoms with van der Waals surface area (Å²) in [7, 11) is 0. The van der Waals surface area contributed by atoms with Gasteiger partial charge in [-0.2, -0.15) is 4.98 Å². The van der Waals surface area contributed by atoms with E-state index in [2.05, 4.69) is 25.9 Å². The van der Waals surface area contributed by atoms with E-state index in [1.807, 2.05) is 60.7 Å². The molecule has 0 saturated heterocycles. The maximum absolute atomic E-state index is 13.2. The van der Waals surface area contributed by atoms with Gasteiger partial charge in [0.15, 0.2) is 5.82 Å². The summed E-state index contributed by atoms with van der Waals surface area (Å²) < 4.78 is 13.2. The molecule has 0 fully saturated rings. The molecule has 162 valence electrons. The van der Waals surface area contributed by atoms with E-state index in [0.29, 0.717) is 28.7 Å². The standard InChI is InChI=1S/C24H20FN5O.ClH/c1-16-21(29-23(31)17-12-14-18(25)15-13-17)22(27-19-8-4-2-5-9-19)30-24(26-16)28-20-10-6-3-7-11-20;/h2-15H,1H3,(H,29,31)(H2,26,27,28,30);1H. The highest BCUT2D eigenvalue weighted by Crippen LogP contribution is 2.29. The summed E-state index contributed by atoms with van der Waals surface area (Å²) in [6, 6.07) is 24.4. The van der Waals surface area contributed by atoms with E-state index in [1.165, 1.54) is 24.3 Å². The van der Waals surface area contributed by atoms with Gasteiger partial charge in [0.2, 0.25) is 5.95 Å². The molecule has 0 saturated carbocycles. The molecule has 4 rings (SSSR count). The third kappa shape index (κ3) is 5.59. The Bertz CT molecular complexity index is 1190. The van der Waals surface area contributed by atoms with Crippen LogP contribution in [-0.4, -0.2) is 15.9 Å². The van der Waals surface area contributed by atoms with Crippen LogP contribution in [0.5, 0.6) is 0 Å². The number of carbonyl (C=O) groups excluding carboxylic acids is 1.